The van der Waals surface area contributed by atoms with Crippen LogP contribution < -0.4 is 11.1 Å². The molecule has 0 saturated heterocycles. The maximum absolute atomic E-state index is 12.2. The zero-order valence-electron chi connectivity index (χ0n) is 10.8. The number of amides is 1. The summed E-state index contributed by atoms with van der Waals surface area (Å²) in [4.78, 5) is 13.0. The number of hydrogen-bond acceptors (Lipinski definition) is 4. The summed E-state index contributed by atoms with van der Waals surface area (Å²) in [5, 5.41) is 14.9. The summed E-state index contributed by atoms with van der Waals surface area (Å²) < 4.78 is 0. The van der Waals surface area contributed by atoms with Crippen LogP contribution >= 0.6 is 11.3 Å². The van der Waals surface area contributed by atoms with Crippen molar-refractivity contribution in [2.45, 2.75) is 24.6 Å². The maximum Gasteiger partial charge on any atom is 0.242 e. The van der Waals surface area contributed by atoms with Gasteiger partial charge in [-0.2, -0.15) is 0 Å². The lowest BCUT2D eigenvalue weighted by atomic mass is 10.1. The second-order valence-corrected chi connectivity index (χ2v) is 5.93. The normalized spacial score (nSPS) is 22.3. The van der Waals surface area contributed by atoms with Crippen molar-refractivity contribution < 1.29 is 9.90 Å². The van der Waals surface area contributed by atoms with Gasteiger partial charge < -0.3 is 16.2 Å². The fraction of sp³-hybridized carbons (Fsp3) is 0.267. The second-order valence-electron chi connectivity index (χ2n) is 4.95. The Balaban J connectivity index is 1.76. The molecule has 0 saturated carbocycles. The SMILES string of the molecule is NC(C(=O)N[C@H]1c2ccccc2C[C@H]1O)c1cccs1. The van der Waals surface area contributed by atoms with Gasteiger partial charge in [-0.15, -0.1) is 11.3 Å². The van der Waals surface area contributed by atoms with Crippen LogP contribution in [-0.2, 0) is 11.2 Å². The number of thiophene rings is 1. The maximum atomic E-state index is 12.2. The van der Waals surface area contributed by atoms with Gasteiger partial charge in [0.1, 0.15) is 6.04 Å². The van der Waals surface area contributed by atoms with Gasteiger partial charge in [-0.25, -0.2) is 0 Å². The van der Waals surface area contributed by atoms with Crippen LogP contribution in [0.25, 0.3) is 0 Å². The summed E-state index contributed by atoms with van der Waals surface area (Å²) >= 11 is 1.46. The molecule has 1 aliphatic carbocycles. The van der Waals surface area contributed by atoms with E-state index in [1.54, 1.807) is 0 Å². The third-order valence-electron chi connectivity index (χ3n) is 3.63. The average Bonchev–Trinajstić information content (AvgIpc) is 3.07. The molecule has 4 N–H and O–H groups in total. The van der Waals surface area contributed by atoms with Crippen LogP contribution in [0.5, 0.6) is 0 Å². The Labute approximate surface area is 121 Å². The van der Waals surface area contributed by atoms with Crippen molar-refractivity contribution in [2.75, 3.05) is 0 Å². The van der Waals surface area contributed by atoms with Crippen molar-refractivity contribution in [3.05, 3.63) is 57.8 Å². The van der Waals surface area contributed by atoms with Crippen LogP contribution in [0.3, 0.4) is 0 Å². The summed E-state index contributed by atoms with van der Waals surface area (Å²) in [6, 6.07) is 10.4. The molecule has 1 aliphatic rings. The lowest BCUT2D eigenvalue weighted by molar-refractivity contribution is -0.123. The zero-order chi connectivity index (χ0) is 14.1. The summed E-state index contributed by atoms with van der Waals surface area (Å²) in [5.74, 6) is -0.256. The van der Waals surface area contributed by atoms with E-state index in [9.17, 15) is 9.90 Å². The van der Waals surface area contributed by atoms with E-state index < -0.39 is 12.1 Å². The molecule has 0 spiro atoms. The van der Waals surface area contributed by atoms with Gasteiger partial charge in [-0.3, -0.25) is 4.79 Å². The lowest BCUT2D eigenvalue weighted by Crippen LogP contribution is -2.39. The van der Waals surface area contributed by atoms with Gasteiger partial charge in [0.25, 0.3) is 0 Å². The van der Waals surface area contributed by atoms with Crippen LogP contribution in [0, 0.1) is 0 Å². The number of rotatable bonds is 3. The largest absolute Gasteiger partial charge is 0.390 e. The van der Waals surface area contributed by atoms with Crippen molar-refractivity contribution in [3.63, 3.8) is 0 Å². The molecule has 0 radical (unpaired) electrons. The van der Waals surface area contributed by atoms with E-state index >= 15 is 0 Å². The molecule has 0 aliphatic heterocycles. The average molecular weight is 288 g/mol. The fourth-order valence-corrected chi connectivity index (χ4v) is 3.31. The van der Waals surface area contributed by atoms with Crippen molar-refractivity contribution in [1.82, 2.24) is 5.32 Å². The minimum Gasteiger partial charge on any atom is -0.390 e. The van der Waals surface area contributed by atoms with E-state index in [-0.39, 0.29) is 11.9 Å². The lowest BCUT2D eigenvalue weighted by Gasteiger charge is -2.20. The van der Waals surface area contributed by atoms with Gasteiger partial charge in [0.2, 0.25) is 5.91 Å². The van der Waals surface area contributed by atoms with E-state index in [2.05, 4.69) is 5.32 Å². The predicted molar refractivity (Wildman–Crippen MR) is 78.3 cm³/mol. The van der Waals surface area contributed by atoms with E-state index in [0.717, 1.165) is 16.0 Å². The molecule has 3 atom stereocenters. The van der Waals surface area contributed by atoms with Crippen molar-refractivity contribution in [1.29, 1.82) is 0 Å². The molecule has 0 bridgehead atoms. The first kappa shape index (κ1) is 13.3. The number of aliphatic hydroxyl groups excluding tert-OH is 1. The van der Waals surface area contributed by atoms with E-state index in [4.69, 9.17) is 5.73 Å². The number of nitrogens with two attached hydrogens (primary N) is 1. The Kier molecular flexibility index (Phi) is 3.56. The predicted octanol–water partition coefficient (Wildman–Crippen LogP) is 1.52. The fourth-order valence-electron chi connectivity index (χ4n) is 2.59. The van der Waals surface area contributed by atoms with Crippen molar-refractivity contribution >= 4 is 17.2 Å². The highest BCUT2D eigenvalue weighted by Crippen LogP contribution is 2.31. The number of fused-ring (bicyclic) bond motifs is 1. The summed E-state index contributed by atoms with van der Waals surface area (Å²) in [6.45, 7) is 0. The highest BCUT2D eigenvalue weighted by molar-refractivity contribution is 7.10. The molecule has 1 amide bonds. The quantitative estimate of drug-likeness (QED) is 0.801. The summed E-state index contributed by atoms with van der Waals surface area (Å²) in [7, 11) is 0. The highest BCUT2D eigenvalue weighted by Gasteiger charge is 2.33. The van der Waals surface area contributed by atoms with Crippen LogP contribution in [0.2, 0.25) is 0 Å². The molecule has 4 nitrogen and oxygen atoms in total. The molecule has 5 heteroatoms. The first-order chi connectivity index (χ1) is 9.66. The monoisotopic (exact) mass is 288 g/mol. The third-order valence-corrected chi connectivity index (χ3v) is 4.59. The molecule has 0 fully saturated rings. The van der Waals surface area contributed by atoms with Crippen molar-refractivity contribution in [3.8, 4) is 0 Å². The topological polar surface area (TPSA) is 75.4 Å². The second kappa shape index (κ2) is 5.36. The van der Waals surface area contributed by atoms with E-state index in [1.807, 2.05) is 41.8 Å². The van der Waals surface area contributed by atoms with Crippen LogP contribution in [-0.4, -0.2) is 17.1 Å². The number of benzene rings is 1. The van der Waals surface area contributed by atoms with Gasteiger partial charge in [0.15, 0.2) is 0 Å². The first-order valence-corrected chi connectivity index (χ1v) is 7.40. The molecule has 20 heavy (non-hydrogen) atoms. The Bertz CT molecular complexity index is 612. The van der Waals surface area contributed by atoms with Gasteiger partial charge in [0, 0.05) is 11.3 Å². The molecule has 1 aromatic carbocycles. The van der Waals surface area contributed by atoms with Gasteiger partial charge in [-0.05, 0) is 22.6 Å². The van der Waals surface area contributed by atoms with Crippen LogP contribution in [0.4, 0.5) is 0 Å². The van der Waals surface area contributed by atoms with Gasteiger partial charge in [0.05, 0.1) is 12.1 Å². The molecule has 2 aromatic rings. The molecular formula is C15H16N2O2S. The Morgan fingerprint density at radius 2 is 2.15 bits per heavy atom. The van der Waals surface area contributed by atoms with Crippen molar-refractivity contribution in [2.24, 2.45) is 5.73 Å². The molecule has 104 valence electrons. The number of nitrogens with one attached hydrogen (secondary N) is 1. The van der Waals surface area contributed by atoms with Gasteiger partial charge in [-0.1, -0.05) is 30.3 Å². The smallest absolute Gasteiger partial charge is 0.242 e. The highest BCUT2D eigenvalue weighted by atomic mass is 32.1. The molecule has 1 aromatic heterocycles. The third kappa shape index (κ3) is 2.35. The number of carbonyl (C=O) groups is 1. The summed E-state index contributed by atoms with van der Waals surface area (Å²) in [6.07, 6.45) is -0.0260. The molecule has 1 unspecified atom stereocenters. The van der Waals surface area contributed by atoms with E-state index in [1.165, 1.54) is 11.3 Å². The molecule has 1 heterocycles. The Morgan fingerprint density at radius 3 is 2.90 bits per heavy atom. The minimum atomic E-state index is -0.685. The molecule has 3 rings (SSSR count). The van der Waals surface area contributed by atoms with Crippen LogP contribution in [0.1, 0.15) is 28.1 Å². The standard InChI is InChI=1S/C15H16N2O2S/c16-13(12-6-3-7-20-12)15(19)17-14-10-5-2-1-4-9(10)8-11(14)18/h1-7,11,13-14,18H,8,16H2,(H,17,19)/t11-,13?,14+/m1/s1. The Hall–Kier alpha value is -1.69. The summed E-state index contributed by atoms with van der Waals surface area (Å²) in [5.41, 5.74) is 8.00. The Morgan fingerprint density at radius 1 is 1.35 bits per heavy atom. The minimum absolute atomic E-state index is 0.256. The first-order valence-electron chi connectivity index (χ1n) is 6.52. The number of aliphatic hydroxyl groups is 1. The van der Waals surface area contributed by atoms with E-state index in [0.29, 0.717) is 6.42 Å². The van der Waals surface area contributed by atoms with Gasteiger partial charge >= 0.3 is 0 Å². The number of hydrogen-bond donors (Lipinski definition) is 3. The van der Waals surface area contributed by atoms with Crippen LogP contribution in [0.15, 0.2) is 41.8 Å². The number of carbonyl (C=O) groups excluding carboxylic acids is 1. The molecular weight excluding hydrogens is 272 g/mol. The zero-order valence-corrected chi connectivity index (χ0v) is 11.6.